The highest BCUT2D eigenvalue weighted by Crippen LogP contribution is 2.33. The number of nitrogens with zero attached hydrogens (tertiary/aromatic N) is 2. The van der Waals surface area contributed by atoms with Crippen molar-refractivity contribution in [2.45, 2.75) is 36.0 Å². The molecule has 1 aromatic carbocycles. The third-order valence-corrected chi connectivity index (χ3v) is 5.17. The van der Waals surface area contributed by atoms with Crippen LogP contribution in [0.25, 0.3) is 0 Å². The quantitative estimate of drug-likeness (QED) is 0.619. The van der Waals surface area contributed by atoms with E-state index in [9.17, 15) is 18.0 Å². The molecule has 9 heteroatoms. The molecular formula is C14H14F3N3OS2. The molecule has 0 aliphatic carbocycles. The van der Waals surface area contributed by atoms with Gasteiger partial charge < -0.3 is 0 Å². The van der Waals surface area contributed by atoms with E-state index in [0.29, 0.717) is 9.59 Å². The van der Waals surface area contributed by atoms with Gasteiger partial charge in [-0.25, -0.2) is 0 Å². The second-order valence-electron chi connectivity index (χ2n) is 4.71. The molecule has 0 radical (unpaired) electrons. The zero-order chi connectivity index (χ0) is 17.0. The summed E-state index contributed by atoms with van der Waals surface area (Å²) in [7, 11) is 0. The Labute approximate surface area is 139 Å². The first-order valence-corrected chi connectivity index (χ1v) is 8.48. The fourth-order valence-electron chi connectivity index (χ4n) is 1.66. The van der Waals surface area contributed by atoms with E-state index in [2.05, 4.69) is 15.5 Å². The molecule has 0 saturated carbocycles. The molecule has 2 aromatic rings. The summed E-state index contributed by atoms with van der Waals surface area (Å²) in [4.78, 5) is 12.1. The predicted octanol–water partition coefficient (Wildman–Crippen LogP) is 4.70. The van der Waals surface area contributed by atoms with Crippen molar-refractivity contribution in [3.63, 3.8) is 0 Å². The van der Waals surface area contributed by atoms with Crippen molar-refractivity contribution in [2.24, 2.45) is 0 Å². The van der Waals surface area contributed by atoms with Crippen LogP contribution in [0.5, 0.6) is 0 Å². The number of alkyl halides is 3. The fourth-order valence-corrected chi connectivity index (χ4v) is 3.65. The van der Waals surface area contributed by atoms with Gasteiger partial charge in [-0.3, -0.25) is 10.1 Å². The Kier molecular flexibility index (Phi) is 5.64. The Bertz CT molecular complexity index is 688. The highest BCUT2D eigenvalue weighted by Gasteiger charge is 2.35. The number of carbonyl (C=O) groups is 1. The van der Waals surface area contributed by atoms with E-state index in [4.69, 9.17) is 0 Å². The topological polar surface area (TPSA) is 54.9 Å². The van der Waals surface area contributed by atoms with Gasteiger partial charge in [0.2, 0.25) is 5.13 Å². The summed E-state index contributed by atoms with van der Waals surface area (Å²) >= 11 is 2.65. The lowest BCUT2D eigenvalue weighted by Crippen LogP contribution is -2.18. The molecule has 2 rings (SSSR count). The maximum Gasteiger partial charge on any atom is 0.417 e. The van der Waals surface area contributed by atoms with Crippen molar-refractivity contribution < 1.29 is 18.0 Å². The van der Waals surface area contributed by atoms with Crippen molar-refractivity contribution in [3.8, 4) is 0 Å². The van der Waals surface area contributed by atoms with Crippen molar-refractivity contribution in [3.05, 3.63) is 35.4 Å². The van der Waals surface area contributed by atoms with Crippen LogP contribution in [0.15, 0.2) is 28.6 Å². The Morgan fingerprint density at radius 2 is 2.04 bits per heavy atom. The van der Waals surface area contributed by atoms with Crippen molar-refractivity contribution in [2.75, 3.05) is 5.32 Å². The molecule has 0 fully saturated rings. The number of thioether (sulfide) groups is 1. The van der Waals surface area contributed by atoms with E-state index in [1.54, 1.807) is 0 Å². The van der Waals surface area contributed by atoms with Crippen LogP contribution in [-0.2, 0) is 6.18 Å². The van der Waals surface area contributed by atoms with Crippen LogP contribution in [0.1, 0.15) is 36.2 Å². The number of nitrogens with one attached hydrogen (secondary N) is 1. The Balaban J connectivity index is 2.14. The van der Waals surface area contributed by atoms with Gasteiger partial charge in [0, 0.05) is 5.25 Å². The summed E-state index contributed by atoms with van der Waals surface area (Å²) in [5, 5.41) is 10.6. The van der Waals surface area contributed by atoms with E-state index in [-0.39, 0.29) is 5.13 Å². The maximum absolute atomic E-state index is 12.9. The molecule has 1 aromatic heterocycles. The van der Waals surface area contributed by atoms with Crippen LogP contribution >= 0.6 is 23.1 Å². The average Bonchev–Trinajstić information content (AvgIpc) is 2.93. The predicted molar refractivity (Wildman–Crippen MR) is 84.9 cm³/mol. The lowest BCUT2D eigenvalue weighted by molar-refractivity contribution is -0.137. The summed E-state index contributed by atoms with van der Waals surface area (Å²) in [6, 6.07) is 4.63. The van der Waals surface area contributed by atoms with E-state index >= 15 is 0 Å². The first kappa shape index (κ1) is 17.7. The molecule has 4 nitrogen and oxygen atoms in total. The van der Waals surface area contributed by atoms with Crippen LogP contribution in [-0.4, -0.2) is 21.4 Å². The summed E-state index contributed by atoms with van der Waals surface area (Å²) in [5.74, 6) is -0.853. The van der Waals surface area contributed by atoms with E-state index in [1.807, 2.05) is 13.8 Å². The summed E-state index contributed by atoms with van der Waals surface area (Å²) in [6.45, 7) is 4.07. The van der Waals surface area contributed by atoms with Gasteiger partial charge in [0.05, 0.1) is 11.1 Å². The molecule has 0 aliphatic rings. The van der Waals surface area contributed by atoms with E-state index in [0.717, 1.165) is 29.9 Å². The molecule has 0 spiro atoms. The minimum atomic E-state index is -4.59. The summed E-state index contributed by atoms with van der Waals surface area (Å²) < 4.78 is 39.4. The van der Waals surface area contributed by atoms with E-state index in [1.165, 1.54) is 23.9 Å². The Morgan fingerprint density at radius 1 is 1.35 bits per heavy atom. The number of carbonyl (C=O) groups excluding carboxylic acids is 1. The lowest BCUT2D eigenvalue weighted by atomic mass is 10.1. The SMILES string of the molecule is CC[C@H](C)Sc1nnc(NC(=O)c2ccccc2C(F)(F)F)s1. The van der Waals surface area contributed by atoms with Crippen LogP contribution in [0.3, 0.4) is 0 Å². The molecule has 1 amide bonds. The second kappa shape index (κ2) is 7.31. The molecule has 1 N–H and O–H groups in total. The zero-order valence-electron chi connectivity index (χ0n) is 12.3. The van der Waals surface area contributed by atoms with Crippen LogP contribution in [0.2, 0.25) is 0 Å². The third-order valence-electron chi connectivity index (χ3n) is 2.98. The monoisotopic (exact) mass is 361 g/mol. The van der Waals surface area contributed by atoms with Crippen molar-refractivity contribution in [1.82, 2.24) is 10.2 Å². The first-order valence-electron chi connectivity index (χ1n) is 6.79. The lowest BCUT2D eigenvalue weighted by Gasteiger charge is -2.11. The van der Waals surface area contributed by atoms with Gasteiger partial charge in [-0.1, -0.05) is 49.1 Å². The highest BCUT2D eigenvalue weighted by atomic mass is 32.2. The molecule has 124 valence electrons. The molecule has 0 unspecified atom stereocenters. The largest absolute Gasteiger partial charge is 0.417 e. The Hall–Kier alpha value is -1.61. The molecule has 0 saturated heterocycles. The minimum absolute atomic E-state index is 0.179. The standard InChI is InChI=1S/C14H14F3N3OS2/c1-3-8(2)22-13-20-19-12(23-13)18-11(21)9-6-4-5-7-10(9)14(15,16)17/h4-8H,3H2,1-2H3,(H,18,19,21)/t8-/m0/s1. The molecule has 0 aliphatic heterocycles. The molecule has 0 bridgehead atoms. The fraction of sp³-hybridized carbons (Fsp3) is 0.357. The number of rotatable bonds is 5. The summed E-state index contributed by atoms with van der Waals surface area (Å²) in [6.07, 6.45) is -3.64. The normalized spacial score (nSPS) is 12.9. The van der Waals surface area contributed by atoms with Crippen LogP contribution in [0, 0.1) is 0 Å². The average molecular weight is 361 g/mol. The maximum atomic E-state index is 12.9. The number of aromatic nitrogens is 2. The second-order valence-corrected chi connectivity index (χ2v) is 7.37. The van der Waals surface area contributed by atoms with Gasteiger partial charge >= 0.3 is 6.18 Å². The van der Waals surface area contributed by atoms with Gasteiger partial charge in [-0.15, -0.1) is 10.2 Å². The zero-order valence-corrected chi connectivity index (χ0v) is 14.0. The third kappa shape index (κ3) is 4.68. The van der Waals surface area contributed by atoms with Gasteiger partial charge in [-0.05, 0) is 18.6 Å². The smallest absolute Gasteiger partial charge is 0.296 e. The first-order chi connectivity index (χ1) is 10.8. The number of hydrogen-bond donors (Lipinski definition) is 1. The highest BCUT2D eigenvalue weighted by molar-refractivity contribution is 8.01. The summed E-state index contributed by atoms with van der Waals surface area (Å²) in [5.41, 5.74) is -1.41. The van der Waals surface area contributed by atoms with Gasteiger partial charge in [-0.2, -0.15) is 13.2 Å². The number of amides is 1. The molecule has 1 heterocycles. The van der Waals surface area contributed by atoms with E-state index < -0.39 is 23.2 Å². The number of anilines is 1. The number of benzene rings is 1. The molecule has 1 atom stereocenters. The van der Waals surface area contributed by atoms with Gasteiger partial charge in [0.25, 0.3) is 5.91 Å². The van der Waals surface area contributed by atoms with Gasteiger partial charge in [0.15, 0.2) is 4.34 Å². The minimum Gasteiger partial charge on any atom is -0.296 e. The number of hydrogen-bond acceptors (Lipinski definition) is 5. The van der Waals surface area contributed by atoms with Crippen molar-refractivity contribution >= 4 is 34.1 Å². The number of halogens is 3. The van der Waals surface area contributed by atoms with Gasteiger partial charge in [0.1, 0.15) is 0 Å². The Morgan fingerprint density at radius 3 is 2.70 bits per heavy atom. The van der Waals surface area contributed by atoms with Crippen LogP contribution < -0.4 is 5.32 Å². The van der Waals surface area contributed by atoms with Crippen molar-refractivity contribution in [1.29, 1.82) is 0 Å². The van der Waals surface area contributed by atoms with Crippen LogP contribution in [0.4, 0.5) is 18.3 Å². The molecular weight excluding hydrogens is 347 g/mol. The molecule has 23 heavy (non-hydrogen) atoms.